The maximum Gasteiger partial charge on any atom is 0.213 e. The third-order valence-corrected chi connectivity index (χ3v) is 9.54. The highest BCUT2D eigenvalue weighted by molar-refractivity contribution is 7.99. The Hall–Kier alpha value is -2.65. The van der Waals surface area contributed by atoms with Crippen LogP contribution in [0.4, 0.5) is 4.39 Å². The summed E-state index contributed by atoms with van der Waals surface area (Å²) >= 11 is 7.66. The number of pyridine rings is 1. The molecule has 210 valence electrons. The molecular formula is C31H34ClFN4O2S. The second kappa shape index (κ2) is 11.7. The van der Waals surface area contributed by atoms with Gasteiger partial charge >= 0.3 is 0 Å². The zero-order chi connectivity index (χ0) is 27.7. The van der Waals surface area contributed by atoms with E-state index >= 15 is 0 Å². The van der Waals surface area contributed by atoms with Crippen molar-refractivity contribution in [2.75, 3.05) is 26.0 Å². The van der Waals surface area contributed by atoms with Crippen molar-refractivity contribution >= 4 is 34.4 Å². The number of hydrogen-bond acceptors (Lipinski definition) is 6. The van der Waals surface area contributed by atoms with Crippen molar-refractivity contribution < 1.29 is 13.9 Å². The lowest BCUT2D eigenvalue weighted by atomic mass is 9.93. The fraction of sp³-hybridized carbons (Fsp3) is 0.419. The largest absolute Gasteiger partial charge is 0.473 e. The van der Waals surface area contributed by atoms with E-state index in [9.17, 15) is 4.39 Å². The number of benzene rings is 2. The summed E-state index contributed by atoms with van der Waals surface area (Å²) in [5.41, 5.74) is 4.94. The van der Waals surface area contributed by atoms with Crippen molar-refractivity contribution in [2.45, 2.75) is 56.7 Å². The van der Waals surface area contributed by atoms with Gasteiger partial charge in [0.1, 0.15) is 23.2 Å². The molecule has 6 nitrogen and oxygen atoms in total. The summed E-state index contributed by atoms with van der Waals surface area (Å²) < 4.78 is 28.4. The smallest absolute Gasteiger partial charge is 0.213 e. The first-order valence-corrected chi connectivity index (χ1v) is 15.4. The molecule has 0 bridgehead atoms. The van der Waals surface area contributed by atoms with Crippen LogP contribution < -0.4 is 4.74 Å². The molecule has 4 aromatic rings. The number of piperidine rings is 1. The van der Waals surface area contributed by atoms with Gasteiger partial charge in [0.2, 0.25) is 5.88 Å². The number of ether oxygens (including phenoxy) is 2. The topological polar surface area (TPSA) is 52.4 Å². The molecule has 4 heterocycles. The Bertz CT molecular complexity index is 1490. The average Bonchev–Trinajstić information content (AvgIpc) is 3.26. The van der Waals surface area contributed by atoms with Crippen LogP contribution in [0.25, 0.3) is 11.0 Å². The van der Waals surface area contributed by atoms with Gasteiger partial charge in [-0.2, -0.15) is 0 Å². The Balaban J connectivity index is 1.11. The molecule has 9 heteroatoms. The number of thioether (sulfide) groups is 1. The van der Waals surface area contributed by atoms with Crippen LogP contribution >= 0.6 is 23.4 Å². The number of fused-ring (bicyclic) bond motifs is 1. The molecule has 0 saturated carbocycles. The van der Waals surface area contributed by atoms with Crippen molar-refractivity contribution in [1.29, 1.82) is 0 Å². The molecule has 2 aliphatic heterocycles. The summed E-state index contributed by atoms with van der Waals surface area (Å²) in [7, 11) is 0. The highest BCUT2D eigenvalue weighted by Crippen LogP contribution is 2.39. The van der Waals surface area contributed by atoms with E-state index in [1.807, 2.05) is 12.1 Å². The zero-order valence-corrected chi connectivity index (χ0v) is 24.5. The predicted molar refractivity (Wildman–Crippen MR) is 159 cm³/mol. The summed E-state index contributed by atoms with van der Waals surface area (Å²) in [5, 5.41) is 0.372. The van der Waals surface area contributed by atoms with Gasteiger partial charge in [0.15, 0.2) is 0 Å². The summed E-state index contributed by atoms with van der Waals surface area (Å²) in [5.74, 6) is 1.60. The first-order valence-electron chi connectivity index (χ1n) is 13.8. The molecule has 2 aliphatic rings. The number of likely N-dealkylation sites (tertiary alicyclic amines) is 1. The Labute approximate surface area is 243 Å². The monoisotopic (exact) mass is 580 g/mol. The fourth-order valence-electron chi connectivity index (χ4n) is 5.62. The number of imidazole rings is 1. The fourth-order valence-corrected chi connectivity index (χ4v) is 6.53. The van der Waals surface area contributed by atoms with Gasteiger partial charge in [0, 0.05) is 34.7 Å². The van der Waals surface area contributed by atoms with E-state index in [4.69, 9.17) is 31.0 Å². The normalized spacial score (nSPS) is 20.1. The van der Waals surface area contributed by atoms with Crippen LogP contribution in [0.15, 0.2) is 54.6 Å². The van der Waals surface area contributed by atoms with Crippen LogP contribution in [0, 0.1) is 12.7 Å². The standard InChI is InChI=1S/C31H34ClFN4O2S/c1-21-6-9-28-27(16-21)34-29(37(28)20-31(40-2)12-15-39-31)18-36-13-10-22(11-14-36)26-4-3-5-30(35-26)38-19-23-7-8-24(32)17-25(23)33/h3-9,16-17,22H,10-15,18-20H2,1-2H3. The molecule has 2 aromatic carbocycles. The number of aromatic nitrogens is 3. The molecule has 0 amide bonds. The van der Waals surface area contributed by atoms with Crippen molar-refractivity contribution in [1.82, 2.24) is 19.4 Å². The molecule has 2 fully saturated rings. The van der Waals surface area contributed by atoms with Gasteiger partial charge < -0.3 is 14.0 Å². The lowest BCUT2D eigenvalue weighted by molar-refractivity contribution is -0.0873. The van der Waals surface area contributed by atoms with Crippen molar-refractivity contribution in [3.05, 3.63) is 88.1 Å². The number of hydrogen-bond donors (Lipinski definition) is 0. The molecule has 0 spiro atoms. The van der Waals surface area contributed by atoms with Gasteiger partial charge in [-0.05, 0) is 75.0 Å². The second-order valence-corrected chi connectivity index (χ2v) is 12.4. The highest BCUT2D eigenvalue weighted by Gasteiger charge is 2.39. The highest BCUT2D eigenvalue weighted by atomic mass is 35.5. The van der Waals surface area contributed by atoms with Crippen LogP contribution in [0.1, 0.15) is 47.8 Å². The van der Waals surface area contributed by atoms with E-state index in [2.05, 4.69) is 46.9 Å². The first-order chi connectivity index (χ1) is 19.4. The van der Waals surface area contributed by atoms with E-state index in [1.54, 1.807) is 23.9 Å². The van der Waals surface area contributed by atoms with E-state index in [0.717, 1.165) is 69.1 Å². The molecule has 1 unspecified atom stereocenters. The third kappa shape index (κ3) is 5.86. The Kier molecular flexibility index (Phi) is 8.04. The number of halogens is 2. The van der Waals surface area contributed by atoms with Gasteiger partial charge in [0.25, 0.3) is 0 Å². The maximum atomic E-state index is 14.1. The van der Waals surface area contributed by atoms with Crippen LogP contribution in [0.3, 0.4) is 0 Å². The minimum absolute atomic E-state index is 0.112. The summed E-state index contributed by atoms with van der Waals surface area (Å²) in [6.45, 7) is 6.63. The van der Waals surface area contributed by atoms with Crippen LogP contribution in [0.2, 0.25) is 5.02 Å². The molecule has 1 atom stereocenters. The lowest BCUT2D eigenvalue weighted by Crippen LogP contribution is -2.44. The van der Waals surface area contributed by atoms with E-state index in [0.29, 0.717) is 22.4 Å². The predicted octanol–water partition coefficient (Wildman–Crippen LogP) is 6.97. The molecule has 2 aromatic heterocycles. The van der Waals surface area contributed by atoms with Crippen molar-refractivity contribution in [3.63, 3.8) is 0 Å². The van der Waals surface area contributed by atoms with Gasteiger partial charge in [-0.1, -0.05) is 29.8 Å². The minimum atomic E-state index is -0.372. The van der Waals surface area contributed by atoms with Crippen LogP contribution in [0.5, 0.6) is 5.88 Å². The zero-order valence-electron chi connectivity index (χ0n) is 22.9. The summed E-state index contributed by atoms with van der Waals surface area (Å²) in [6.07, 6.45) is 5.23. The quantitative estimate of drug-likeness (QED) is 0.213. The van der Waals surface area contributed by atoms with Crippen LogP contribution in [-0.4, -0.2) is 50.3 Å². The Morgan fingerprint density at radius 3 is 2.67 bits per heavy atom. The van der Waals surface area contributed by atoms with Gasteiger partial charge in [-0.3, -0.25) is 4.90 Å². The first kappa shape index (κ1) is 27.5. The average molecular weight is 581 g/mol. The molecule has 2 saturated heterocycles. The maximum absolute atomic E-state index is 14.1. The van der Waals surface area contributed by atoms with Gasteiger partial charge in [-0.15, -0.1) is 11.8 Å². The van der Waals surface area contributed by atoms with E-state index < -0.39 is 0 Å². The van der Waals surface area contributed by atoms with Crippen molar-refractivity contribution in [3.8, 4) is 5.88 Å². The van der Waals surface area contributed by atoms with Crippen molar-refractivity contribution in [2.24, 2.45) is 0 Å². The summed E-state index contributed by atoms with van der Waals surface area (Å²) in [4.78, 5) is 12.2. The Morgan fingerprint density at radius 2 is 1.95 bits per heavy atom. The Morgan fingerprint density at radius 1 is 1.12 bits per heavy atom. The molecule has 40 heavy (non-hydrogen) atoms. The molecule has 0 N–H and O–H groups in total. The SMILES string of the molecule is CSC1(Cn2c(CN3CCC(c4cccc(OCc5ccc(Cl)cc5F)n4)CC3)nc3cc(C)ccc32)CCO1. The molecular weight excluding hydrogens is 547 g/mol. The van der Waals surface area contributed by atoms with E-state index in [-0.39, 0.29) is 17.4 Å². The van der Waals surface area contributed by atoms with Gasteiger partial charge in [-0.25, -0.2) is 14.4 Å². The summed E-state index contributed by atoms with van der Waals surface area (Å²) in [6, 6.07) is 17.0. The van der Waals surface area contributed by atoms with Crippen LogP contribution in [-0.2, 0) is 24.4 Å². The second-order valence-electron chi connectivity index (χ2n) is 10.8. The minimum Gasteiger partial charge on any atom is -0.473 e. The number of nitrogens with zero attached hydrogens (tertiary/aromatic N) is 4. The number of rotatable bonds is 9. The van der Waals surface area contributed by atoms with E-state index in [1.165, 1.54) is 17.1 Å². The lowest BCUT2D eigenvalue weighted by Gasteiger charge is -2.41. The molecule has 0 radical (unpaired) electrons. The third-order valence-electron chi connectivity index (χ3n) is 8.11. The van der Waals surface area contributed by atoms with Gasteiger partial charge in [0.05, 0.1) is 30.7 Å². The number of aryl methyl sites for hydroxylation is 1. The molecule has 6 rings (SSSR count). The molecule has 0 aliphatic carbocycles.